The van der Waals surface area contributed by atoms with E-state index in [1.165, 1.54) is 12.1 Å². The molecular formula is C7H4FN2. The van der Waals surface area contributed by atoms with E-state index in [2.05, 4.69) is 6.07 Å². The first-order valence-electron chi connectivity index (χ1n) is 2.61. The van der Waals surface area contributed by atoms with Crippen molar-refractivity contribution in [2.45, 2.75) is 0 Å². The van der Waals surface area contributed by atoms with Crippen LogP contribution in [0.2, 0.25) is 0 Å². The summed E-state index contributed by atoms with van der Waals surface area (Å²) in [5, 5.41) is 8.27. The molecule has 0 amide bonds. The van der Waals surface area contributed by atoms with Gasteiger partial charge in [-0.3, -0.25) is 0 Å². The summed E-state index contributed by atoms with van der Waals surface area (Å²) in [6, 6.07) is 6.81. The maximum Gasteiger partial charge on any atom is 0.164 e. The van der Waals surface area contributed by atoms with E-state index in [1.54, 1.807) is 6.07 Å². The molecule has 0 saturated carbocycles. The number of nitrogens with zero attached hydrogens (tertiary/aromatic N) is 1. The van der Waals surface area contributed by atoms with Gasteiger partial charge in [0.05, 0.1) is 11.3 Å². The first-order chi connectivity index (χ1) is 4.75. The van der Waals surface area contributed by atoms with Gasteiger partial charge in [-0.25, -0.2) is 4.39 Å². The van der Waals surface area contributed by atoms with Gasteiger partial charge in [-0.1, -0.05) is 6.07 Å². The van der Waals surface area contributed by atoms with Crippen LogP contribution in [0.3, 0.4) is 0 Å². The van der Waals surface area contributed by atoms with Crippen LogP contribution in [-0.4, -0.2) is 0 Å². The van der Waals surface area contributed by atoms with Crippen molar-refractivity contribution in [3.8, 4) is 6.07 Å². The zero-order chi connectivity index (χ0) is 7.56. The molecular weight excluding hydrogens is 131 g/mol. The van der Waals surface area contributed by atoms with Crippen LogP contribution in [0, 0.1) is 23.2 Å². The molecule has 0 aliphatic heterocycles. The van der Waals surface area contributed by atoms with Crippen molar-refractivity contribution in [3.63, 3.8) is 0 Å². The van der Waals surface area contributed by atoms with Crippen molar-refractivity contribution >= 4 is 5.69 Å². The largest absolute Gasteiger partial charge is 0.396 e. The van der Waals surface area contributed by atoms with E-state index < -0.39 is 5.82 Å². The molecule has 1 radical (unpaired) electrons. The molecule has 1 rings (SSSR count). The quantitative estimate of drug-likeness (QED) is 0.541. The van der Waals surface area contributed by atoms with Crippen LogP contribution in [0.25, 0.3) is 0 Å². The summed E-state index contributed by atoms with van der Waals surface area (Å²) in [6.07, 6.45) is 0. The molecule has 0 spiro atoms. The Morgan fingerprint density at radius 1 is 1.70 bits per heavy atom. The molecule has 0 aromatic heterocycles. The number of nitrogen functional groups attached to an aromatic ring is 1. The van der Waals surface area contributed by atoms with E-state index in [0.29, 0.717) is 0 Å². The Morgan fingerprint density at radius 2 is 2.40 bits per heavy atom. The van der Waals surface area contributed by atoms with Crippen molar-refractivity contribution in [2.24, 2.45) is 0 Å². The van der Waals surface area contributed by atoms with Gasteiger partial charge in [0.25, 0.3) is 0 Å². The van der Waals surface area contributed by atoms with Crippen molar-refractivity contribution in [3.05, 3.63) is 29.6 Å². The molecule has 2 N–H and O–H groups in total. The molecule has 10 heavy (non-hydrogen) atoms. The predicted octanol–water partition coefficient (Wildman–Crippen LogP) is 1.08. The Balaban J connectivity index is 3.31. The molecule has 0 bridgehead atoms. The Labute approximate surface area is 57.7 Å². The highest BCUT2D eigenvalue weighted by molar-refractivity contribution is 5.46. The standard InChI is InChI=1S/C7H4FN2/c8-7-5(4-9)2-1-3-6(7)10/h1,3H,10H2. The molecule has 0 unspecified atom stereocenters. The second kappa shape index (κ2) is 2.36. The monoisotopic (exact) mass is 135 g/mol. The van der Waals surface area contributed by atoms with Crippen LogP contribution < -0.4 is 5.73 Å². The first kappa shape index (κ1) is 6.56. The van der Waals surface area contributed by atoms with Crippen molar-refractivity contribution in [1.29, 1.82) is 5.26 Å². The molecule has 3 heteroatoms. The fourth-order valence-corrected chi connectivity index (χ4v) is 0.577. The van der Waals surface area contributed by atoms with Crippen LogP contribution in [0.1, 0.15) is 5.56 Å². The Hall–Kier alpha value is -1.56. The minimum atomic E-state index is -0.690. The van der Waals surface area contributed by atoms with Crippen LogP contribution in [0.15, 0.2) is 12.1 Å². The number of rotatable bonds is 0. The smallest absolute Gasteiger partial charge is 0.164 e. The van der Waals surface area contributed by atoms with Crippen LogP contribution in [0.5, 0.6) is 0 Å². The molecule has 1 aromatic rings. The van der Waals surface area contributed by atoms with Crippen molar-refractivity contribution < 1.29 is 4.39 Å². The van der Waals surface area contributed by atoms with Gasteiger partial charge >= 0.3 is 0 Å². The molecule has 0 aliphatic rings. The molecule has 49 valence electrons. The fraction of sp³-hybridized carbons (Fsp3) is 0. The molecule has 0 aliphatic carbocycles. The minimum absolute atomic E-state index is 0.0182. The van der Waals surface area contributed by atoms with E-state index in [9.17, 15) is 4.39 Å². The topological polar surface area (TPSA) is 49.8 Å². The number of anilines is 1. The van der Waals surface area contributed by atoms with Gasteiger partial charge in [-0.15, -0.1) is 0 Å². The van der Waals surface area contributed by atoms with E-state index in [-0.39, 0.29) is 11.3 Å². The van der Waals surface area contributed by atoms with Gasteiger partial charge in [0.15, 0.2) is 5.82 Å². The minimum Gasteiger partial charge on any atom is -0.396 e. The fourth-order valence-electron chi connectivity index (χ4n) is 0.577. The van der Waals surface area contributed by atoms with E-state index in [1.807, 2.05) is 0 Å². The summed E-state index contributed by atoms with van der Waals surface area (Å²) in [6.45, 7) is 0. The highest BCUT2D eigenvalue weighted by Gasteiger charge is 2.02. The summed E-state index contributed by atoms with van der Waals surface area (Å²) < 4.78 is 12.6. The Kier molecular flexibility index (Phi) is 1.55. The first-order valence-corrected chi connectivity index (χ1v) is 2.61. The molecule has 0 atom stereocenters. The van der Waals surface area contributed by atoms with Gasteiger partial charge in [0.1, 0.15) is 6.07 Å². The van der Waals surface area contributed by atoms with Gasteiger partial charge < -0.3 is 5.73 Å². The van der Waals surface area contributed by atoms with E-state index in [0.717, 1.165) is 0 Å². The summed E-state index contributed by atoms with van der Waals surface area (Å²) in [5.74, 6) is -0.690. The SMILES string of the molecule is N#Cc1[c]ccc(N)c1F. The third-order valence-corrected chi connectivity index (χ3v) is 1.08. The van der Waals surface area contributed by atoms with Gasteiger partial charge in [0.2, 0.25) is 0 Å². The van der Waals surface area contributed by atoms with E-state index >= 15 is 0 Å². The summed E-state index contributed by atoms with van der Waals surface area (Å²) in [5.41, 5.74) is 4.99. The average Bonchev–Trinajstić information content (AvgIpc) is 1.95. The zero-order valence-electron chi connectivity index (χ0n) is 5.06. The van der Waals surface area contributed by atoms with Gasteiger partial charge in [-0.05, 0) is 6.07 Å². The van der Waals surface area contributed by atoms with Crippen LogP contribution in [0.4, 0.5) is 10.1 Å². The molecule has 1 aromatic carbocycles. The Bertz CT molecular complexity index is 288. The number of nitrogens with two attached hydrogens (primary N) is 1. The summed E-state index contributed by atoms with van der Waals surface area (Å²) in [7, 11) is 0. The normalized spacial score (nSPS) is 8.80. The summed E-state index contributed by atoms with van der Waals surface area (Å²) in [4.78, 5) is 0. The zero-order valence-corrected chi connectivity index (χ0v) is 5.06. The number of hydrogen-bond donors (Lipinski definition) is 1. The third kappa shape index (κ3) is 0.914. The van der Waals surface area contributed by atoms with Crippen LogP contribution in [-0.2, 0) is 0 Å². The predicted molar refractivity (Wildman–Crippen MR) is 34.4 cm³/mol. The third-order valence-electron chi connectivity index (χ3n) is 1.08. The molecule has 0 fully saturated rings. The number of hydrogen-bond acceptors (Lipinski definition) is 2. The number of nitriles is 1. The lowest BCUT2D eigenvalue weighted by molar-refractivity contribution is 0.628. The Morgan fingerprint density at radius 3 is 2.90 bits per heavy atom. The second-order valence-corrected chi connectivity index (χ2v) is 1.73. The lowest BCUT2D eigenvalue weighted by atomic mass is 10.2. The van der Waals surface area contributed by atoms with Gasteiger partial charge in [-0.2, -0.15) is 5.26 Å². The van der Waals surface area contributed by atoms with Gasteiger partial charge in [0, 0.05) is 6.07 Å². The average molecular weight is 135 g/mol. The van der Waals surface area contributed by atoms with Crippen molar-refractivity contribution in [1.82, 2.24) is 0 Å². The lowest BCUT2D eigenvalue weighted by Gasteiger charge is -1.94. The molecule has 0 saturated heterocycles. The summed E-state index contributed by atoms with van der Waals surface area (Å²) >= 11 is 0. The van der Waals surface area contributed by atoms with E-state index in [4.69, 9.17) is 11.0 Å². The van der Waals surface area contributed by atoms with Crippen LogP contribution >= 0.6 is 0 Å². The molecule has 2 nitrogen and oxygen atoms in total. The number of halogens is 1. The highest BCUT2D eigenvalue weighted by atomic mass is 19.1. The highest BCUT2D eigenvalue weighted by Crippen LogP contribution is 2.11. The number of benzene rings is 1. The maximum absolute atomic E-state index is 12.6. The maximum atomic E-state index is 12.6. The lowest BCUT2D eigenvalue weighted by Crippen LogP contribution is -1.92. The second-order valence-electron chi connectivity index (χ2n) is 1.73. The molecule has 0 heterocycles. The van der Waals surface area contributed by atoms with Crippen molar-refractivity contribution in [2.75, 3.05) is 5.73 Å².